The van der Waals surface area contributed by atoms with Crippen LogP contribution in [0.4, 0.5) is 13.2 Å². The Morgan fingerprint density at radius 3 is 2.36 bits per heavy atom. The van der Waals surface area contributed by atoms with Crippen LogP contribution in [0.15, 0.2) is 0 Å². The molecule has 1 aromatic rings. The fourth-order valence-electron chi connectivity index (χ4n) is 3.51. The van der Waals surface area contributed by atoms with Gasteiger partial charge in [0.05, 0.1) is 5.92 Å². The van der Waals surface area contributed by atoms with Crippen molar-refractivity contribution in [2.75, 3.05) is 13.2 Å². The summed E-state index contributed by atoms with van der Waals surface area (Å²) in [7, 11) is 0. The fourth-order valence-corrected chi connectivity index (χ4v) is 3.51. The van der Waals surface area contributed by atoms with Crippen LogP contribution in [0.5, 0.6) is 0 Å². The molecule has 124 valence electrons. The Hall–Kier alpha value is -1.18. The third kappa shape index (κ3) is 3.59. The van der Waals surface area contributed by atoms with E-state index in [0.717, 1.165) is 18.7 Å². The summed E-state index contributed by atoms with van der Waals surface area (Å²) >= 11 is 0. The molecule has 0 unspecified atom stereocenters. The summed E-state index contributed by atoms with van der Waals surface area (Å²) in [6.45, 7) is 2.06. The first-order valence-electron chi connectivity index (χ1n) is 7.94. The minimum atomic E-state index is -4.05. The van der Waals surface area contributed by atoms with Crippen molar-refractivity contribution in [3.8, 4) is 0 Å². The van der Waals surface area contributed by atoms with Crippen LogP contribution in [0.1, 0.15) is 50.3 Å². The topological polar surface area (TPSA) is 52.8 Å². The molecule has 1 saturated heterocycles. The molecule has 0 bridgehead atoms. The Morgan fingerprint density at radius 1 is 1.05 bits per heavy atom. The van der Waals surface area contributed by atoms with Crippen molar-refractivity contribution in [3.05, 3.63) is 5.82 Å². The van der Waals surface area contributed by atoms with Crippen molar-refractivity contribution >= 4 is 0 Å². The maximum Gasteiger partial charge on any atom is 0.391 e. The third-order valence-electron chi connectivity index (χ3n) is 4.89. The van der Waals surface area contributed by atoms with E-state index < -0.39 is 12.1 Å². The van der Waals surface area contributed by atoms with E-state index in [0.29, 0.717) is 38.5 Å². The molecule has 0 atom stereocenters. The molecular formula is C14H21F3N4O. The molecule has 0 N–H and O–H groups in total. The van der Waals surface area contributed by atoms with Gasteiger partial charge in [0, 0.05) is 25.7 Å². The number of hydrogen-bond donors (Lipinski definition) is 0. The molecule has 2 aliphatic rings. The van der Waals surface area contributed by atoms with Gasteiger partial charge >= 0.3 is 6.18 Å². The van der Waals surface area contributed by atoms with Gasteiger partial charge in [-0.05, 0) is 54.9 Å². The highest BCUT2D eigenvalue weighted by Crippen LogP contribution is 2.40. The smallest absolute Gasteiger partial charge is 0.381 e. The second-order valence-corrected chi connectivity index (χ2v) is 6.37. The zero-order valence-electron chi connectivity index (χ0n) is 12.4. The first-order chi connectivity index (χ1) is 10.5. The van der Waals surface area contributed by atoms with Crippen LogP contribution in [0.2, 0.25) is 0 Å². The lowest BCUT2D eigenvalue weighted by Gasteiger charge is -2.30. The second-order valence-electron chi connectivity index (χ2n) is 6.37. The normalized spacial score (nSPS) is 28.0. The van der Waals surface area contributed by atoms with Crippen molar-refractivity contribution in [1.82, 2.24) is 20.2 Å². The van der Waals surface area contributed by atoms with Gasteiger partial charge in [-0.2, -0.15) is 13.2 Å². The highest BCUT2D eigenvalue weighted by molar-refractivity contribution is 4.95. The summed E-state index contributed by atoms with van der Waals surface area (Å²) in [4.78, 5) is 0. The zero-order chi connectivity index (χ0) is 15.6. The van der Waals surface area contributed by atoms with E-state index in [2.05, 4.69) is 15.5 Å². The van der Waals surface area contributed by atoms with Crippen molar-refractivity contribution in [2.45, 2.75) is 57.2 Å². The summed E-state index contributed by atoms with van der Waals surface area (Å²) in [5.41, 5.74) is 0. The lowest BCUT2D eigenvalue weighted by molar-refractivity contribution is -0.184. The first kappa shape index (κ1) is 15.7. The number of tetrazole rings is 1. The lowest BCUT2D eigenvalue weighted by atomic mass is 9.81. The molecule has 3 rings (SSSR count). The van der Waals surface area contributed by atoms with Gasteiger partial charge < -0.3 is 4.74 Å². The minimum absolute atomic E-state index is 0.225. The van der Waals surface area contributed by atoms with Crippen LogP contribution >= 0.6 is 0 Å². The zero-order valence-corrected chi connectivity index (χ0v) is 12.4. The number of nitrogens with zero attached hydrogens (tertiary/aromatic N) is 4. The SMILES string of the molecule is FC(F)(F)C1CCC(Cn2nnnc2C2CCOCC2)CC1. The average Bonchev–Trinajstić information content (AvgIpc) is 2.96. The van der Waals surface area contributed by atoms with Crippen molar-refractivity contribution in [3.63, 3.8) is 0 Å². The maximum absolute atomic E-state index is 12.7. The van der Waals surface area contributed by atoms with E-state index in [1.54, 1.807) is 4.68 Å². The maximum atomic E-state index is 12.7. The van der Waals surface area contributed by atoms with Gasteiger partial charge in [0.25, 0.3) is 0 Å². The van der Waals surface area contributed by atoms with Crippen molar-refractivity contribution < 1.29 is 17.9 Å². The molecule has 1 aliphatic heterocycles. The van der Waals surface area contributed by atoms with E-state index in [1.165, 1.54) is 0 Å². The summed E-state index contributed by atoms with van der Waals surface area (Å²) in [5, 5.41) is 11.9. The van der Waals surface area contributed by atoms with Crippen molar-refractivity contribution in [2.24, 2.45) is 11.8 Å². The van der Waals surface area contributed by atoms with Gasteiger partial charge in [0.2, 0.25) is 0 Å². The fraction of sp³-hybridized carbons (Fsp3) is 0.929. The van der Waals surface area contributed by atoms with Gasteiger partial charge in [-0.15, -0.1) is 5.10 Å². The number of aromatic nitrogens is 4. The molecule has 2 heterocycles. The summed E-state index contributed by atoms with van der Waals surface area (Å²) < 4.78 is 45.3. The molecule has 0 aromatic carbocycles. The molecule has 22 heavy (non-hydrogen) atoms. The molecule has 0 radical (unpaired) electrons. The monoisotopic (exact) mass is 318 g/mol. The highest BCUT2D eigenvalue weighted by atomic mass is 19.4. The van der Waals surface area contributed by atoms with E-state index in [1.807, 2.05) is 0 Å². The summed E-state index contributed by atoms with van der Waals surface area (Å²) in [6, 6.07) is 0. The Labute approximate surface area is 127 Å². The number of halogens is 3. The Kier molecular flexibility index (Phi) is 4.65. The largest absolute Gasteiger partial charge is 0.391 e. The molecule has 1 aromatic heterocycles. The van der Waals surface area contributed by atoms with Crippen LogP contribution in [-0.2, 0) is 11.3 Å². The number of alkyl halides is 3. The summed E-state index contributed by atoms with van der Waals surface area (Å²) in [5.74, 6) is 0.268. The van der Waals surface area contributed by atoms with Crippen LogP contribution in [-0.4, -0.2) is 39.6 Å². The van der Waals surface area contributed by atoms with Gasteiger partial charge in [-0.3, -0.25) is 0 Å². The highest BCUT2D eigenvalue weighted by Gasteiger charge is 2.41. The lowest BCUT2D eigenvalue weighted by Crippen LogP contribution is -2.29. The number of ether oxygens (including phenoxy) is 1. The van der Waals surface area contributed by atoms with Gasteiger partial charge in [-0.25, -0.2) is 4.68 Å². The van der Waals surface area contributed by atoms with E-state index in [-0.39, 0.29) is 18.8 Å². The quantitative estimate of drug-likeness (QED) is 0.860. The molecule has 1 saturated carbocycles. The van der Waals surface area contributed by atoms with Gasteiger partial charge in [0.1, 0.15) is 0 Å². The molecule has 2 fully saturated rings. The van der Waals surface area contributed by atoms with E-state index >= 15 is 0 Å². The predicted octanol–water partition coefficient (Wildman–Crippen LogP) is 2.94. The van der Waals surface area contributed by atoms with Crippen LogP contribution < -0.4 is 0 Å². The second kappa shape index (κ2) is 6.52. The molecular weight excluding hydrogens is 297 g/mol. The molecule has 5 nitrogen and oxygen atoms in total. The van der Waals surface area contributed by atoms with Gasteiger partial charge in [0.15, 0.2) is 5.82 Å². The minimum Gasteiger partial charge on any atom is -0.381 e. The van der Waals surface area contributed by atoms with Crippen LogP contribution in [0, 0.1) is 11.8 Å². The van der Waals surface area contributed by atoms with E-state index in [4.69, 9.17) is 4.74 Å². The number of hydrogen-bond acceptors (Lipinski definition) is 4. The molecule has 0 amide bonds. The van der Waals surface area contributed by atoms with Crippen molar-refractivity contribution in [1.29, 1.82) is 0 Å². The molecule has 8 heteroatoms. The van der Waals surface area contributed by atoms with Gasteiger partial charge in [-0.1, -0.05) is 0 Å². The summed E-state index contributed by atoms with van der Waals surface area (Å²) in [6.07, 6.45) is -0.601. The van der Waals surface area contributed by atoms with E-state index in [9.17, 15) is 13.2 Å². The Balaban J connectivity index is 1.57. The first-order valence-corrected chi connectivity index (χ1v) is 7.94. The third-order valence-corrected chi connectivity index (χ3v) is 4.89. The van der Waals surface area contributed by atoms with Crippen LogP contribution in [0.3, 0.4) is 0 Å². The molecule has 0 spiro atoms. The average molecular weight is 318 g/mol. The Morgan fingerprint density at radius 2 is 1.73 bits per heavy atom. The Bertz CT molecular complexity index is 477. The molecule has 1 aliphatic carbocycles. The standard InChI is InChI=1S/C14H21F3N4O/c15-14(16,17)12-3-1-10(2-4-12)9-21-13(18-19-20-21)11-5-7-22-8-6-11/h10-12H,1-9H2. The van der Waals surface area contributed by atoms with Crippen LogP contribution in [0.25, 0.3) is 0 Å². The number of rotatable bonds is 3. The predicted molar refractivity (Wildman–Crippen MR) is 72.1 cm³/mol.